The van der Waals surface area contributed by atoms with E-state index in [0.717, 1.165) is 16.9 Å². The lowest BCUT2D eigenvalue weighted by molar-refractivity contribution is -0.116. The average molecular weight is 411 g/mol. The number of likely N-dealkylation sites (N-methyl/N-ethyl adjacent to an activating group) is 1. The molecule has 0 aliphatic carbocycles. The molecule has 1 heterocycles. The number of rotatable bonds is 6. The van der Waals surface area contributed by atoms with Gasteiger partial charge in [-0.15, -0.1) is 0 Å². The van der Waals surface area contributed by atoms with Crippen molar-refractivity contribution < 1.29 is 9.59 Å². The van der Waals surface area contributed by atoms with Crippen molar-refractivity contribution in [3.8, 4) is 5.69 Å². The summed E-state index contributed by atoms with van der Waals surface area (Å²) in [6.07, 6.45) is 2.19. The average Bonchev–Trinajstić information content (AvgIpc) is 3.13. The Morgan fingerprint density at radius 2 is 1.83 bits per heavy atom. The number of nitrogens with one attached hydrogen (secondary N) is 1. The molecular weight excluding hydrogens is 388 g/mol. The Morgan fingerprint density at radius 1 is 1.14 bits per heavy atom. The molecule has 0 saturated heterocycles. The molecule has 2 amide bonds. The monoisotopic (exact) mass is 410 g/mol. The third-order valence-corrected chi connectivity index (χ3v) is 4.92. The molecule has 7 heteroatoms. The summed E-state index contributed by atoms with van der Waals surface area (Å²) in [5.41, 5.74) is 3.85. The van der Waals surface area contributed by atoms with E-state index in [1.54, 1.807) is 42.2 Å². The van der Waals surface area contributed by atoms with Crippen molar-refractivity contribution in [2.24, 2.45) is 0 Å². The van der Waals surface area contributed by atoms with Gasteiger partial charge in [0.1, 0.15) is 0 Å². The quantitative estimate of drug-likeness (QED) is 0.665. The number of halogens is 1. The van der Waals surface area contributed by atoms with Crippen LogP contribution in [0.2, 0.25) is 5.02 Å². The zero-order valence-electron chi connectivity index (χ0n) is 16.6. The van der Waals surface area contributed by atoms with Gasteiger partial charge in [-0.25, -0.2) is 4.68 Å². The van der Waals surface area contributed by atoms with Gasteiger partial charge in [-0.2, -0.15) is 5.10 Å². The first-order valence-corrected chi connectivity index (χ1v) is 9.72. The van der Waals surface area contributed by atoms with E-state index in [0.29, 0.717) is 22.7 Å². The number of benzene rings is 2. The Kier molecular flexibility index (Phi) is 6.34. The fourth-order valence-corrected chi connectivity index (χ4v) is 3.23. The molecule has 0 atom stereocenters. The van der Waals surface area contributed by atoms with Gasteiger partial charge in [-0.3, -0.25) is 9.59 Å². The van der Waals surface area contributed by atoms with E-state index in [1.165, 1.54) is 4.90 Å². The molecule has 3 aromatic rings. The maximum atomic E-state index is 12.9. The molecule has 0 aliphatic rings. The van der Waals surface area contributed by atoms with Crippen LogP contribution in [0.4, 0.5) is 5.69 Å². The maximum absolute atomic E-state index is 12.9. The maximum Gasteiger partial charge on any atom is 0.257 e. The van der Waals surface area contributed by atoms with Gasteiger partial charge < -0.3 is 10.2 Å². The molecule has 0 unspecified atom stereocenters. The van der Waals surface area contributed by atoms with Crippen molar-refractivity contribution in [3.05, 3.63) is 76.6 Å². The first-order valence-electron chi connectivity index (χ1n) is 9.34. The van der Waals surface area contributed by atoms with E-state index in [-0.39, 0.29) is 18.4 Å². The lowest BCUT2D eigenvalue weighted by Gasteiger charge is -2.17. The summed E-state index contributed by atoms with van der Waals surface area (Å²) < 4.78 is 1.77. The van der Waals surface area contributed by atoms with Gasteiger partial charge in [0, 0.05) is 7.05 Å². The molecule has 0 fully saturated rings. The summed E-state index contributed by atoms with van der Waals surface area (Å²) in [5, 5.41) is 7.57. The second kappa shape index (κ2) is 8.92. The molecule has 0 saturated carbocycles. The highest BCUT2D eigenvalue weighted by atomic mass is 35.5. The molecule has 0 aliphatic heterocycles. The summed E-state index contributed by atoms with van der Waals surface area (Å²) >= 11 is 6.07. The number of aromatic nitrogens is 2. The van der Waals surface area contributed by atoms with Gasteiger partial charge in [-0.1, -0.05) is 48.4 Å². The van der Waals surface area contributed by atoms with Gasteiger partial charge >= 0.3 is 0 Å². The van der Waals surface area contributed by atoms with Crippen molar-refractivity contribution in [2.45, 2.75) is 20.3 Å². The van der Waals surface area contributed by atoms with Crippen molar-refractivity contribution in [3.63, 3.8) is 0 Å². The second-order valence-corrected chi connectivity index (χ2v) is 7.20. The largest absolute Gasteiger partial charge is 0.332 e. The van der Waals surface area contributed by atoms with E-state index >= 15 is 0 Å². The number of aryl methyl sites for hydroxylation is 1. The minimum Gasteiger partial charge on any atom is -0.332 e. The Morgan fingerprint density at radius 3 is 2.48 bits per heavy atom. The highest BCUT2D eigenvalue weighted by Gasteiger charge is 2.22. The number of anilines is 1. The number of hydrogen-bond acceptors (Lipinski definition) is 3. The van der Waals surface area contributed by atoms with Gasteiger partial charge in [-0.05, 0) is 37.6 Å². The topological polar surface area (TPSA) is 67.2 Å². The van der Waals surface area contributed by atoms with Crippen molar-refractivity contribution >= 4 is 29.1 Å². The molecule has 6 nitrogen and oxygen atoms in total. The predicted molar refractivity (Wildman–Crippen MR) is 115 cm³/mol. The normalized spacial score (nSPS) is 10.6. The van der Waals surface area contributed by atoms with Gasteiger partial charge in [0.15, 0.2) is 0 Å². The van der Waals surface area contributed by atoms with Gasteiger partial charge in [0.2, 0.25) is 5.91 Å². The zero-order valence-corrected chi connectivity index (χ0v) is 17.4. The first kappa shape index (κ1) is 20.6. The van der Waals surface area contributed by atoms with Crippen LogP contribution in [-0.2, 0) is 11.2 Å². The number of carbonyl (C=O) groups is 2. The highest BCUT2D eigenvalue weighted by molar-refractivity contribution is 6.33. The van der Waals surface area contributed by atoms with Crippen LogP contribution >= 0.6 is 11.6 Å². The Bertz CT molecular complexity index is 1030. The number of hydrogen-bond donors (Lipinski definition) is 1. The Labute approximate surface area is 175 Å². The lowest BCUT2D eigenvalue weighted by Crippen LogP contribution is -2.35. The van der Waals surface area contributed by atoms with Crippen LogP contribution in [0.1, 0.15) is 28.5 Å². The van der Waals surface area contributed by atoms with E-state index < -0.39 is 0 Å². The van der Waals surface area contributed by atoms with Crippen LogP contribution in [0.5, 0.6) is 0 Å². The lowest BCUT2D eigenvalue weighted by atomic mass is 10.1. The van der Waals surface area contributed by atoms with Crippen molar-refractivity contribution in [1.29, 1.82) is 0 Å². The summed E-state index contributed by atoms with van der Waals surface area (Å²) in [6, 6.07) is 14.9. The third-order valence-electron chi connectivity index (χ3n) is 4.59. The van der Waals surface area contributed by atoms with E-state index in [2.05, 4.69) is 10.4 Å². The molecule has 150 valence electrons. The third kappa shape index (κ3) is 4.66. The SMILES string of the molecule is CCc1c(C(=O)N(C)CC(=O)Nc2ccccc2Cl)cnn1-c1ccc(C)cc1. The number of para-hydroxylation sites is 1. The molecule has 3 rings (SSSR count). The van der Waals surface area contributed by atoms with Crippen molar-refractivity contribution in [2.75, 3.05) is 18.9 Å². The van der Waals surface area contributed by atoms with E-state index in [4.69, 9.17) is 11.6 Å². The fourth-order valence-electron chi connectivity index (χ4n) is 3.05. The molecule has 1 aromatic heterocycles. The van der Waals surface area contributed by atoms with Crippen LogP contribution in [0.25, 0.3) is 5.69 Å². The van der Waals surface area contributed by atoms with Crippen LogP contribution in [0.15, 0.2) is 54.7 Å². The van der Waals surface area contributed by atoms with E-state index in [9.17, 15) is 9.59 Å². The van der Waals surface area contributed by atoms with Crippen LogP contribution in [0.3, 0.4) is 0 Å². The minimum atomic E-state index is -0.321. The summed E-state index contributed by atoms with van der Waals surface area (Å²) in [7, 11) is 1.59. The summed E-state index contributed by atoms with van der Waals surface area (Å²) in [5.74, 6) is -0.576. The molecule has 2 aromatic carbocycles. The molecule has 0 radical (unpaired) electrons. The molecular formula is C22H23ClN4O2. The second-order valence-electron chi connectivity index (χ2n) is 6.80. The zero-order chi connectivity index (χ0) is 21.0. The minimum absolute atomic E-state index is 0.0943. The summed E-state index contributed by atoms with van der Waals surface area (Å²) in [6.45, 7) is 3.90. The molecule has 0 bridgehead atoms. The van der Waals surface area contributed by atoms with Crippen LogP contribution in [-0.4, -0.2) is 40.1 Å². The fraction of sp³-hybridized carbons (Fsp3) is 0.227. The smallest absolute Gasteiger partial charge is 0.257 e. The van der Waals surface area contributed by atoms with Crippen LogP contribution < -0.4 is 5.32 Å². The molecule has 1 N–H and O–H groups in total. The number of amides is 2. The first-order chi connectivity index (χ1) is 13.9. The van der Waals surface area contributed by atoms with Gasteiger partial charge in [0.05, 0.1) is 40.4 Å². The van der Waals surface area contributed by atoms with Crippen molar-refractivity contribution in [1.82, 2.24) is 14.7 Å². The van der Waals surface area contributed by atoms with Crippen LogP contribution in [0, 0.1) is 6.92 Å². The Balaban J connectivity index is 1.75. The highest BCUT2D eigenvalue weighted by Crippen LogP contribution is 2.21. The van der Waals surface area contributed by atoms with E-state index in [1.807, 2.05) is 38.1 Å². The molecule has 29 heavy (non-hydrogen) atoms. The summed E-state index contributed by atoms with van der Waals surface area (Å²) in [4.78, 5) is 26.7. The molecule has 0 spiro atoms. The number of carbonyl (C=O) groups excluding carboxylic acids is 2. The number of nitrogens with zero attached hydrogens (tertiary/aromatic N) is 3. The van der Waals surface area contributed by atoms with Gasteiger partial charge in [0.25, 0.3) is 5.91 Å². The Hall–Kier alpha value is -3.12. The predicted octanol–water partition coefficient (Wildman–Crippen LogP) is 4.11. The standard InChI is InChI=1S/C22H23ClN4O2/c1-4-20-17(13-24-27(20)16-11-9-15(2)10-12-16)22(29)26(3)14-21(28)25-19-8-6-5-7-18(19)23/h5-13H,4,14H2,1-3H3,(H,25,28).